The monoisotopic (exact) mass is 346 g/mol. The summed E-state index contributed by atoms with van der Waals surface area (Å²) in [5.74, 6) is -0.173. The molecule has 0 atom stereocenters. The number of halogens is 1. The lowest BCUT2D eigenvalue weighted by Gasteiger charge is -2.27. The molecular formula is C14H19ClN2O4S. The molecule has 1 aromatic carbocycles. The fourth-order valence-electron chi connectivity index (χ4n) is 2.35. The number of carbonyl (C=O) groups excluding carboxylic acids is 1. The fraction of sp³-hybridized carbons (Fsp3) is 0.500. The lowest BCUT2D eigenvalue weighted by atomic mass is 10.1. The van der Waals surface area contributed by atoms with E-state index in [1.807, 2.05) is 0 Å². The first-order valence-electron chi connectivity index (χ1n) is 7.00. The van der Waals surface area contributed by atoms with Gasteiger partial charge < -0.3 is 4.90 Å². The van der Waals surface area contributed by atoms with Gasteiger partial charge in [0.05, 0.1) is 12.1 Å². The van der Waals surface area contributed by atoms with E-state index in [0.717, 1.165) is 19.3 Å². The molecule has 0 unspecified atom stereocenters. The van der Waals surface area contributed by atoms with Crippen molar-refractivity contribution in [3.05, 3.63) is 28.8 Å². The quantitative estimate of drug-likeness (QED) is 0.783. The molecule has 0 saturated carbocycles. The van der Waals surface area contributed by atoms with E-state index in [1.165, 1.54) is 26.3 Å². The largest absolute Gasteiger partial charge is 0.339 e. The van der Waals surface area contributed by atoms with Crippen LogP contribution < -0.4 is 0 Å². The number of carbonyl (C=O) groups is 1. The Kier molecular flexibility index (Phi) is 5.44. The number of rotatable bonds is 4. The smallest absolute Gasteiger partial charge is 0.266 e. The molecule has 122 valence electrons. The molecule has 22 heavy (non-hydrogen) atoms. The second-order valence-corrected chi connectivity index (χ2v) is 7.41. The minimum atomic E-state index is -3.90. The first-order valence-corrected chi connectivity index (χ1v) is 8.81. The van der Waals surface area contributed by atoms with Crippen molar-refractivity contribution in [3.8, 4) is 0 Å². The first-order chi connectivity index (χ1) is 10.4. The summed E-state index contributed by atoms with van der Waals surface area (Å²) in [5, 5.41) is 0.0547. The highest BCUT2D eigenvalue weighted by molar-refractivity contribution is 7.89. The molecule has 1 aliphatic rings. The van der Waals surface area contributed by atoms with Gasteiger partial charge >= 0.3 is 0 Å². The first kappa shape index (κ1) is 17.2. The van der Waals surface area contributed by atoms with Crippen molar-refractivity contribution in [1.29, 1.82) is 0 Å². The van der Waals surface area contributed by atoms with Crippen molar-refractivity contribution in [2.45, 2.75) is 24.2 Å². The highest BCUT2D eigenvalue weighted by Crippen LogP contribution is 2.26. The summed E-state index contributed by atoms with van der Waals surface area (Å²) in [7, 11) is -1.39. The molecule has 6 nitrogen and oxygen atoms in total. The van der Waals surface area contributed by atoms with Crippen molar-refractivity contribution in [2.75, 3.05) is 27.2 Å². The number of hydroxylamine groups is 1. The van der Waals surface area contributed by atoms with Gasteiger partial charge in [-0.05, 0) is 37.5 Å². The lowest BCUT2D eigenvalue weighted by Crippen LogP contribution is -2.35. The van der Waals surface area contributed by atoms with Crippen LogP contribution in [0.15, 0.2) is 23.1 Å². The molecule has 1 fully saturated rings. The maximum Gasteiger partial charge on any atom is 0.266 e. The molecule has 1 aromatic rings. The van der Waals surface area contributed by atoms with Crippen molar-refractivity contribution in [2.24, 2.45) is 0 Å². The molecule has 8 heteroatoms. The number of hydrogen-bond donors (Lipinski definition) is 0. The maximum absolute atomic E-state index is 12.5. The van der Waals surface area contributed by atoms with Gasteiger partial charge in [-0.3, -0.25) is 9.63 Å². The van der Waals surface area contributed by atoms with E-state index in [9.17, 15) is 13.2 Å². The van der Waals surface area contributed by atoms with Crippen LogP contribution in [0.5, 0.6) is 0 Å². The van der Waals surface area contributed by atoms with Gasteiger partial charge in [-0.15, -0.1) is 0 Å². The van der Waals surface area contributed by atoms with Crippen LogP contribution >= 0.6 is 11.6 Å². The van der Waals surface area contributed by atoms with E-state index in [1.54, 1.807) is 11.0 Å². The van der Waals surface area contributed by atoms with E-state index >= 15 is 0 Å². The number of hydrogen-bond acceptors (Lipinski definition) is 4. The zero-order valence-corrected chi connectivity index (χ0v) is 14.2. The Balaban J connectivity index is 2.36. The highest BCUT2D eigenvalue weighted by atomic mass is 35.5. The average Bonchev–Trinajstić information content (AvgIpc) is 2.54. The van der Waals surface area contributed by atoms with E-state index in [0.29, 0.717) is 23.1 Å². The zero-order valence-electron chi connectivity index (χ0n) is 12.6. The highest BCUT2D eigenvalue weighted by Gasteiger charge is 2.26. The SMILES string of the molecule is CON(C)S(=O)(=O)c1cc(C(=O)N2CCCCC2)ccc1Cl. The molecule has 2 rings (SSSR count). The second-order valence-electron chi connectivity index (χ2n) is 5.10. The molecule has 0 bridgehead atoms. The predicted octanol–water partition coefficient (Wildman–Crippen LogP) is 2.15. The number of benzene rings is 1. The third kappa shape index (κ3) is 3.43. The number of nitrogens with zero attached hydrogens (tertiary/aromatic N) is 2. The standard InChI is InChI=1S/C14H19ClN2O4S/c1-16(21-2)22(19,20)13-10-11(6-7-12(13)15)14(18)17-8-4-3-5-9-17/h6-7,10H,3-5,8-9H2,1-2H3. The van der Waals surface area contributed by atoms with E-state index in [4.69, 9.17) is 16.4 Å². The summed E-state index contributed by atoms with van der Waals surface area (Å²) >= 11 is 5.99. The van der Waals surface area contributed by atoms with Crippen LogP contribution in [0.4, 0.5) is 0 Å². The molecule has 0 radical (unpaired) electrons. The summed E-state index contributed by atoms with van der Waals surface area (Å²) in [4.78, 5) is 18.8. The summed E-state index contributed by atoms with van der Waals surface area (Å²) in [6, 6.07) is 4.28. The molecule has 0 aliphatic carbocycles. The molecule has 1 amide bonds. The Morgan fingerprint density at radius 1 is 1.27 bits per heavy atom. The van der Waals surface area contributed by atoms with Crippen molar-refractivity contribution in [1.82, 2.24) is 9.37 Å². The zero-order chi connectivity index (χ0) is 16.3. The van der Waals surface area contributed by atoms with Gasteiger partial charge in [-0.2, -0.15) is 0 Å². The van der Waals surface area contributed by atoms with Crippen LogP contribution in [-0.2, 0) is 14.9 Å². The van der Waals surface area contributed by atoms with E-state index < -0.39 is 10.0 Å². The van der Waals surface area contributed by atoms with Crippen LogP contribution in [0.3, 0.4) is 0 Å². The minimum Gasteiger partial charge on any atom is -0.339 e. The van der Waals surface area contributed by atoms with Gasteiger partial charge in [0.2, 0.25) is 0 Å². The second kappa shape index (κ2) is 6.95. The van der Waals surface area contributed by atoms with E-state index in [-0.39, 0.29) is 15.8 Å². The average molecular weight is 347 g/mol. The van der Waals surface area contributed by atoms with Crippen molar-refractivity contribution >= 4 is 27.5 Å². The molecule has 1 aliphatic heterocycles. The van der Waals surface area contributed by atoms with Crippen LogP contribution in [0.1, 0.15) is 29.6 Å². The summed E-state index contributed by atoms with van der Waals surface area (Å²) in [6.07, 6.45) is 3.05. The Morgan fingerprint density at radius 2 is 1.91 bits per heavy atom. The summed E-state index contributed by atoms with van der Waals surface area (Å²) in [5.41, 5.74) is 0.314. The third-order valence-electron chi connectivity index (χ3n) is 3.69. The van der Waals surface area contributed by atoms with Gasteiger partial charge in [-0.25, -0.2) is 8.42 Å². The van der Waals surface area contributed by atoms with Gasteiger partial charge in [0, 0.05) is 25.7 Å². The predicted molar refractivity (Wildman–Crippen MR) is 83.2 cm³/mol. The van der Waals surface area contributed by atoms with Crippen LogP contribution in [0, 0.1) is 0 Å². The summed E-state index contributed by atoms with van der Waals surface area (Å²) in [6.45, 7) is 1.39. The Hall–Kier alpha value is -1.15. The number of likely N-dealkylation sites (tertiary alicyclic amines) is 1. The van der Waals surface area contributed by atoms with Gasteiger partial charge in [0.15, 0.2) is 0 Å². The minimum absolute atomic E-state index is 0.0547. The van der Waals surface area contributed by atoms with Crippen molar-refractivity contribution < 1.29 is 18.0 Å². The molecule has 0 aromatic heterocycles. The Labute approximate surface area is 135 Å². The maximum atomic E-state index is 12.5. The van der Waals surface area contributed by atoms with Gasteiger partial charge in [-0.1, -0.05) is 16.1 Å². The normalized spacial score (nSPS) is 16.1. The van der Waals surface area contributed by atoms with Crippen LogP contribution in [0.25, 0.3) is 0 Å². The van der Waals surface area contributed by atoms with Gasteiger partial charge in [0.25, 0.3) is 15.9 Å². The fourth-order valence-corrected chi connectivity index (χ4v) is 3.82. The number of piperidine rings is 1. The number of sulfonamides is 1. The molecule has 1 saturated heterocycles. The molecule has 1 heterocycles. The van der Waals surface area contributed by atoms with Gasteiger partial charge in [0.1, 0.15) is 4.90 Å². The topological polar surface area (TPSA) is 66.9 Å². The molecule has 0 spiro atoms. The molecular weight excluding hydrogens is 328 g/mol. The van der Waals surface area contributed by atoms with E-state index in [2.05, 4.69) is 0 Å². The lowest BCUT2D eigenvalue weighted by molar-refractivity contribution is -0.0258. The molecule has 0 N–H and O–H groups in total. The van der Waals surface area contributed by atoms with Crippen LogP contribution in [0.2, 0.25) is 5.02 Å². The third-order valence-corrected chi connectivity index (χ3v) is 5.86. The van der Waals surface area contributed by atoms with Crippen LogP contribution in [-0.4, -0.2) is 50.9 Å². The summed E-state index contributed by atoms with van der Waals surface area (Å²) < 4.78 is 25.4. The Morgan fingerprint density at radius 3 is 2.50 bits per heavy atom. The number of amides is 1. The van der Waals surface area contributed by atoms with Crippen molar-refractivity contribution in [3.63, 3.8) is 0 Å². The Bertz CT molecular complexity index is 657.